The minimum Gasteiger partial charge on any atom is -0.496 e. The topological polar surface area (TPSA) is 9.23 Å². The van der Waals surface area contributed by atoms with E-state index in [9.17, 15) is 0 Å². The average Bonchev–Trinajstić information content (AvgIpc) is 2.81. The van der Waals surface area contributed by atoms with Gasteiger partial charge in [0.1, 0.15) is 5.75 Å². The van der Waals surface area contributed by atoms with Crippen LogP contribution >= 0.6 is 0 Å². The van der Waals surface area contributed by atoms with Crippen molar-refractivity contribution in [3.63, 3.8) is 0 Å². The summed E-state index contributed by atoms with van der Waals surface area (Å²) < 4.78 is 5.38. The predicted octanol–water partition coefficient (Wildman–Crippen LogP) is 3.69. The Labute approximate surface area is 91.1 Å². The van der Waals surface area contributed by atoms with Gasteiger partial charge in [-0.25, -0.2) is 0 Å². The van der Waals surface area contributed by atoms with E-state index in [0.717, 1.165) is 12.2 Å². The normalized spacial score (nSPS) is 16.3. The minimum atomic E-state index is 0.441. The van der Waals surface area contributed by atoms with E-state index < -0.39 is 0 Å². The van der Waals surface area contributed by atoms with Crippen molar-refractivity contribution in [2.24, 2.45) is 0 Å². The van der Waals surface area contributed by atoms with Crippen LogP contribution in [0.25, 0.3) is 0 Å². The Morgan fingerprint density at radius 3 is 2.73 bits per heavy atom. The molecule has 0 saturated heterocycles. The minimum absolute atomic E-state index is 0.441. The SMILES string of the molecule is COc1ccccc1C(C)C1=CC=CC1. The van der Waals surface area contributed by atoms with E-state index in [1.807, 2.05) is 12.1 Å². The molecule has 1 aromatic carbocycles. The first-order valence-corrected chi connectivity index (χ1v) is 5.31. The fourth-order valence-corrected chi connectivity index (χ4v) is 2.01. The smallest absolute Gasteiger partial charge is 0.122 e. The van der Waals surface area contributed by atoms with Crippen molar-refractivity contribution in [1.82, 2.24) is 0 Å². The highest BCUT2D eigenvalue weighted by molar-refractivity contribution is 5.42. The number of methoxy groups -OCH3 is 1. The molecule has 0 saturated carbocycles. The van der Waals surface area contributed by atoms with Crippen LogP contribution in [0.4, 0.5) is 0 Å². The van der Waals surface area contributed by atoms with Crippen LogP contribution in [0.15, 0.2) is 48.1 Å². The molecule has 1 unspecified atom stereocenters. The second-order valence-electron chi connectivity index (χ2n) is 3.84. The van der Waals surface area contributed by atoms with Crippen LogP contribution < -0.4 is 4.74 Å². The molecular formula is C14H16O. The summed E-state index contributed by atoms with van der Waals surface area (Å²) in [5.74, 6) is 1.42. The van der Waals surface area contributed by atoms with Crippen LogP contribution in [0.5, 0.6) is 5.75 Å². The van der Waals surface area contributed by atoms with Crippen molar-refractivity contribution in [2.75, 3.05) is 7.11 Å². The van der Waals surface area contributed by atoms with Gasteiger partial charge in [-0.15, -0.1) is 0 Å². The standard InChI is InChI=1S/C14H16O/c1-11(12-7-3-4-8-12)13-9-5-6-10-14(13)15-2/h3-7,9-11H,8H2,1-2H3. The molecule has 1 nitrogen and oxygen atoms in total. The molecule has 0 bridgehead atoms. The largest absolute Gasteiger partial charge is 0.496 e. The molecule has 0 aromatic heterocycles. The highest BCUT2D eigenvalue weighted by atomic mass is 16.5. The molecule has 1 aromatic rings. The maximum absolute atomic E-state index is 5.38. The summed E-state index contributed by atoms with van der Waals surface area (Å²) in [5.41, 5.74) is 2.73. The van der Waals surface area contributed by atoms with Crippen LogP contribution in [-0.4, -0.2) is 7.11 Å². The summed E-state index contributed by atoms with van der Waals surface area (Å²) in [6.45, 7) is 2.23. The van der Waals surface area contributed by atoms with E-state index in [1.54, 1.807) is 7.11 Å². The summed E-state index contributed by atoms with van der Waals surface area (Å²) in [6.07, 6.45) is 7.60. The molecule has 1 aliphatic rings. The average molecular weight is 200 g/mol. The summed E-state index contributed by atoms with van der Waals surface area (Å²) in [6, 6.07) is 8.24. The molecule has 0 amide bonds. The Bertz CT molecular complexity index is 402. The lowest BCUT2D eigenvalue weighted by atomic mass is 9.91. The Morgan fingerprint density at radius 2 is 2.07 bits per heavy atom. The number of allylic oxidation sites excluding steroid dienone is 4. The van der Waals surface area contributed by atoms with Crippen LogP contribution in [-0.2, 0) is 0 Å². The number of hydrogen-bond donors (Lipinski definition) is 0. The summed E-state index contributed by atoms with van der Waals surface area (Å²) in [7, 11) is 1.73. The number of rotatable bonds is 3. The van der Waals surface area contributed by atoms with Crippen molar-refractivity contribution >= 4 is 0 Å². The number of benzene rings is 1. The second kappa shape index (κ2) is 4.35. The first-order chi connectivity index (χ1) is 7.33. The maximum Gasteiger partial charge on any atom is 0.122 e. The van der Waals surface area contributed by atoms with Gasteiger partial charge < -0.3 is 4.74 Å². The van der Waals surface area contributed by atoms with Gasteiger partial charge in [-0.1, -0.05) is 48.9 Å². The molecule has 0 spiro atoms. The molecule has 2 rings (SSSR count). The van der Waals surface area contributed by atoms with Gasteiger partial charge in [0, 0.05) is 11.5 Å². The van der Waals surface area contributed by atoms with Gasteiger partial charge in [0.2, 0.25) is 0 Å². The molecule has 0 N–H and O–H groups in total. The first kappa shape index (κ1) is 10.0. The molecule has 1 aliphatic carbocycles. The zero-order chi connectivity index (χ0) is 10.7. The third-order valence-electron chi connectivity index (χ3n) is 2.96. The maximum atomic E-state index is 5.38. The van der Waals surface area contributed by atoms with Crippen molar-refractivity contribution < 1.29 is 4.74 Å². The zero-order valence-corrected chi connectivity index (χ0v) is 9.23. The highest BCUT2D eigenvalue weighted by Gasteiger charge is 2.15. The summed E-state index contributed by atoms with van der Waals surface area (Å²) in [4.78, 5) is 0. The second-order valence-corrected chi connectivity index (χ2v) is 3.84. The molecule has 0 radical (unpaired) electrons. The lowest BCUT2D eigenvalue weighted by molar-refractivity contribution is 0.408. The molecule has 15 heavy (non-hydrogen) atoms. The molecular weight excluding hydrogens is 184 g/mol. The highest BCUT2D eigenvalue weighted by Crippen LogP contribution is 2.34. The Kier molecular flexibility index (Phi) is 2.91. The van der Waals surface area contributed by atoms with Gasteiger partial charge in [-0.3, -0.25) is 0 Å². The van der Waals surface area contributed by atoms with E-state index in [-0.39, 0.29) is 0 Å². The van der Waals surface area contributed by atoms with Gasteiger partial charge in [-0.2, -0.15) is 0 Å². The monoisotopic (exact) mass is 200 g/mol. The summed E-state index contributed by atoms with van der Waals surface area (Å²) in [5, 5.41) is 0. The van der Waals surface area contributed by atoms with Gasteiger partial charge in [0.05, 0.1) is 7.11 Å². The van der Waals surface area contributed by atoms with E-state index in [2.05, 4.69) is 37.3 Å². The lowest BCUT2D eigenvalue weighted by Gasteiger charge is -2.16. The lowest BCUT2D eigenvalue weighted by Crippen LogP contribution is -1.99. The molecule has 0 fully saturated rings. The zero-order valence-electron chi connectivity index (χ0n) is 9.23. The molecule has 0 aliphatic heterocycles. The van der Waals surface area contributed by atoms with Gasteiger partial charge in [0.25, 0.3) is 0 Å². The Hall–Kier alpha value is -1.50. The van der Waals surface area contributed by atoms with Crippen molar-refractivity contribution in [3.8, 4) is 5.75 Å². The third kappa shape index (κ3) is 1.96. The van der Waals surface area contributed by atoms with Crippen LogP contribution in [0, 0.1) is 0 Å². The molecule has 78 valence electrons. The van der Waals surface area contributed by atoms with Crippen molar-refractivity contribution in [3.05, 3.63) is 53.6 Å². The summed E-state index contributed by atoms with van der Waals surface area (Å²) >= 11 is 0. The fourth-order valence-electron chi connectivity index (χ4n) is 2.01. The molecule has 1 atom stereocenters. The van der Waals surface area contributed by atoms with Gasteiger partial charge in [-0.05, 0) is 12.5 Å². The van der Waals surface area contributed by atoms with E-state index in [0.29, 0.717) is 5.92 Å². The number of hydrogen-bond acceptors (Lipinski definition) is 1. The van der Waals surface area contributed by atoms with Crippen LogP contribution in [0.1, 0.15) is 24.8 Å². The van der Waals surface area contributed by atoms with Crippen LogP contribution in [0.2, 0.25) is 0 Å². The fraction of sp³-hybridized carbons (Fsp3) is 0.286. The van der Waals surface area contributed by atoms with Crippen LogP contribution in [0.3, 0.4) is 0 Å². The van der Waals surface area contributed by atoms with Gasteiger partial charge in [0.15, 0.2) is 0 Å². The van der Waals surface area contributed by atoms with Crippen molar-refractivity contribution in [2.45, 2.75) is 19.3 Å². The molecule has 0 heterocycles. The van der Waals surface area contributed by atoms with E-state index in [1.165, 1.54) is 11.1 Å². The van der Waals surface area contributed by atoms with Gasteiger partial charge >= 0.3 is 0 Å². The first-order valence-electron chi connectivity index (χ1n) is 5.31. The number of para-hydroxylation sites is 1. The Balaban J connectivity index is 2.28. The quantitative estimate of drug-likeness (QED) is 0.723. The van der Waals surface area contributed by atoms with E-state index in [4.69, 9.17) is 4.74 Å². The number of ether oxygens (including phenoxy) is 1. The predicted molar refractivity (Wildman–Crippen MR) is 63.2 cm³/mol. The molecule has 1 heteroatoms. The van der Waals surface area contributed by atoms with E-state index >= 15 is 0 Å². The Morgan fingerprint density at radius 1 is 1.27 bits per heavy atom. The van der Waals surface area contributed by atoms with Crippen molar-refractivity contribution in [1.29, 1.82) is 0 Å². The third-order valence-corrected chi connectivity index (χ3v) is 2.96.